The molecule has 0 unspecified atom stereocenters. The molecule has 2 aromatic rings. The highest BCUT2D eigenvalue weighted by Gasteiger charge is 2.20. The Labute approximate surface area is 139 Å². The maximum Gasteiger partial charge on any atom is 0.352 e. The number of hydrogen-bond donors (Lipinski definition) is 1. The zero-order valence-corrected chi connectivity index (χ0v) is 13.1. The number of esters is 2. The third-order valence-electron chi connectivity index (χ3n) is 3.03. The van der Waals surface area contributed by atoms with Crippen molar-refractivity contribution in [2.24, 2.45) is 0 Å². The van der Waals surface area contributed by atoms with Crippen molar-refractivity contribution in [1.29, 1.82) is 0 Å². The maximum absolute atomic E-state index is 11.8. The number of carbonyl (C=O) groups is 3. The van der Waals surface area contributed by atoms with Gasteiger partial charge >= 0.3 is 11.9 Å². The monoisotopic (exact) mass is 327 g/mol. The molecule has 2 rings (SSSR count). The number of para-hydroxylation sites is 1. The van der Waals surface area contributed by atoms with Gasteiger partial charge in [0.1, 0.15) is 12.3 Å². The first-order chi connectivity index (χ1) is 11.6. The van der Waals surface area contributed by atoms with Gasteiger partial charge in [-0.2, -0.15) is 0 Å². The van der Waals surface area contributed by atoms with Crippen molar-refractivity contribution in [2.75, 3.05) is 6.54 Å². The molecule has 1 atom stereocenters. The van der Waals surface area contributed by atoms with Crippen molar-refractivity contribution in [1.82, 2.24) is 5.32 Å². The first-order valence-electron chi connectivity index (χ1n) is 7.35. The van der Waals surface area contributed by atoms with Gasteiger partial charge in [-0.05, 0) is 31.2 Å². The Balaban J connectivity index is 1.77. The van der Waals surface area contributed by atoms with Crippen LogP contribution in [0.15, 0.2) is 60.7 Å². The van der Waals surface area contributed by atoms with Crippen molar-refractivity contribution in [2.45, 2.75) is 13.0 Å². The van der Waals surface area contributed by atoms with Gasteiger partial charge in [0.05, 0.1) is 0 Å². The van der Waals surface area contributed by atoms with Gasteiger partial charge in [-0.1, -0.05) is 36.4 Å². The van der Waals surface area contributed by atoms with E-state index in [0.717, 1.165) is 0 Å². The van der Waals surface area contributed by atoms with Crippen LogP contribution in [-0.4, -0.2) is 30.5 Å². The molecule has 2 aromatic carbocycles. The number of hydrogen-bond acceptors (Lipinski definition) is 5. The molecule has 0 aliphatic rings. The van der Waals surface area contributed by atoms with Crippen LogP contribution in [0.2, 0.25) is 0 Å². The van der Waals surface area contributed by atoms with Gasteiger partial charge in [-0.15, -0.1) is 0 Å². The smallest absolute Gasteiger partial charge is 0.352 e. The van der Waals surface area contributed by atoms with Crippen LogP contribution >= 0.6 is 0 Å². The van der Waals surface area contributed by atoms with Crippen molar-refractivity contribution in [3.8, 4) is 5.75 Å². The molecule has 0 saturated carbocycles. The Hall–Kier alpha value is -3.15. The van der Waals surface area contributed by atoms with Crippen LogP contribution in [0.3, 0.4) is 0 Å². The van der Waals surface area contributed by atoms with Gasteiger partial charge in [-0.25, -0.2) is 4.79 Å². The van der Waals surface area contributed by atoms with Gasteiger partial charge in [0.25, 0.3) is 5.91 Å². The van der Waals surface area contributed by atoms with Gasteiger partial charge in [0.15, 0.2) is 6.10 Å². The second-order valence-corrected chi connectivity index (χ2v) is 4.91. The van der Waals surface area contributed by atoms with Crippen molar-refractivity contribution in [3.63, 3.8) is 0 Å². The molecule has 0 fully saturated rings. The number of amides is 1. The highest BCUT2D eigenvalue weighted by molar-refractivity contribution is 5.96. The number of ether oxygens (including phenoxy) is 2. The van der Waals surface area contributed by atoms with E-state index in [1.807, 2.05) is 0 Å². The molecule has 124 valence electrons. The second kappa shape index (κ2) is 8.47. The SMILES string of the molecule is C[C@H](OC(=O)CNC(=O)c1ccccc1)C(=O)Oc1ccccc1. The Bertz CT molecular complexity index is 700. The summed E-state index contributed by atoms with van der Waals surface area (Å²) in [5, 5.41) is 2.43. The van der Waals surface area contributed by atoms with Gasteiger partial charge in [0.2, 0.25) is 0 Å². The Morgan fingerprint density at radius 3 is 2.17 bits per heavy atom. The third-order valence-corrected chi connectivity index (χ3v) is 3.03. The average Bonchev–Trinajstić information content (AvgIpc) is 2.61. The van der Waals surface area contributed by atoms with Crippen molar-refractivity contribution in [3.05, 3.63) is 66.2 Å². The minimum atomic E-state index is -1.08. The molecule has 0 radical (unpaired) electrons. The molecule has 1 N–H and O–H groups in total. The number of carbonyl (C=O) groups excluding carboxylic acids is 3. The summed E-state index contributed by atoms with van der Waals surface area (Å²) in [6.07, 6.45) is -1.08. The fourth-order valence-corrected chi connectivity index (χ4v) is 1.82. The van der Waals surface area contributed by atoms with Crippen LogP contribution in [0.5, 0.6) is 5.75 Å². The first-order valence-corrected chi connectivity index (χ1v) is 7.35. The number of benzene rings is 2. The highest BCUT2D eigenvalue weighted by atomic mass is 16.6. The summed E-state index contributed by atoms with van der Waals surface area (Å²) in [5.74, 6) is -1.45. The predicted molar refractivity (Wildman–Crippen MR) is 86.4 cm³/mol. The van der Waals surface area contributed by atoms with E-state index in [4.69, 9.17) is 9.47 Å². The molecule has 0 aromatic heterocycles. The summed E-state index contributed by atoms with van der Waals surface area (Å²) >= 11 is 0. The molecular formula is C18H17NO5. The minimum Gasteiger partial charge on any atom is -0.449 e. The van der Waals surface area contributed by atoms with Crippen molar-refractivity contribution >= 4 is 17.8 Å². The summed E-state index contributed by atoms with van der Waals surface area (Å²) < 4.78 is 10.0. The van der Waals surface area contributed by atoms with E-state index in [-0.39, 0.29) is 6.54 Å². The van der Waals surface area contributed by atoms with Gasteiger partial charge in [0, 0.05) is 5.56 Å². The Morgan fingerprint density at radius 1 is 0.958 bits per heavy atom. The van der Waals surface area contributed by atoms with Crippen molar-refractivity contribution < 1.29 is 23.9 Å². The van der Waals surface area contributed by atoms with E-state index in [1.165, 1.54) is 6.92 Å². The fraction of sp³-hybridized carbons (Fsp3) is 0.167. The topological polar surface area (TPSA) is 81.7 Å². The molecule has 0 spiro atoms. The molecule has 0 aliphatic carbocycles. The second-order valence-electron chi connectivity index (χ2n) is 4.91. The van der Waals surface area contributed by atoms with Crippen LogP contribution in [-0.2, 0) is 14.3 Å². The molecular weight excluding hydrogens is 310 g/mol. The quantitative estimate of drug-likeness (QED) is 0.648. The van der Waals surface area contributed by atoms with Crippen LogP contribution < -0.4 is 10.1 Å². The lowest BCUT2D eigenvalue weighted by Crippen LogP contribution is -2.35. The van der Waals surface area contributed by atoms with E-state index in [9.17, 15) is 14.4 Å². The average molecular weight is 327 g/mol. The number of nitrogens with one attached hydrogen (secondary N) is 1. The van der Waals surface area contributed by atoms with Gasteiger partial charge in [-0.3, -0.25) is 9.59 Å². The molecule has 0 bridgehead atoms. The van der Waals surface area contributed by atoms with Crippen LogP contribution in [0, 0.1) is 0 Å². The molecule has 24 heavy (non-hydrogen) atoms. The zero-order chi connectivity index (χ0) is 17.4. The predicted octanol–water partition coefficient (Wildman–Crippen LogP) is 1.95. The van der Waals surface area contributed by atoms with Gasteiger partial charge < -0.3 is 14.8 Å². The minimum absolute atomic E-state index is 0.337. The zero-order valence-electron chi connectivity index (χ0n) is 13.1. The van der Waals surface area contributed by atoms with E-state index in [1.54, 1.807) is 60.7 Å². The third kappa shape index (κ3) is 5.24. The summed E-state index contributed by atoms with van der Waals surface area (Å²) in [6, 6.07) is 16.9. The summed E-state index contributed by atoms with van der Waals surface area (Å²) in [5.41, 5.74) is 0.432. The summed E-state index contributed by atoms with van der Waals surface area (Å²) in [4.78, 5) is 35.3. The van der Waals surface area contributed by atoms with E-state index < -0.39 is 23.9 Å². The van der Waals surface area contributed by atoms with Crippen LogP contribution in [0.25, 0.3) is 0 Å². The summed E-state index contributed by atoms with van der Waals surface area (Å²) in [7, 11) is 0. The molecule has 0 aliphatic heterocycles. The number of rotatable bonds is 6. The molecule has 1 amide bonds. The lowest BCUT2D eigenvalue weighted by molar-refractivity contribution is -0.160. The van der Waals surface area contributed by atoms with E-state index in [0.29, 0.717) is 11.3 Å². The lowest BCUT2D eigenvalue weighted by Gasteiger charge is -2.13. The highest BCUT2D eigenvalue weighted by Crippen LogP contribution is 2.10. The maximum atomic E-state index is 11.8. The Kier molecular flexibility index (Phi) is 6.08. The van der Waals surface area contributed by atoms with E-state index >= 15 is 0 Å². The molecule has 0 saturated heterocycles. The first kappa shape index (κ1) is 17.2. The Morgan fingerprint density at radius 2 is 1.54 bits per heavy atom. The van der Waals surface area contributed by atoms with E-state index in [2.05, 4.69) is 5.32 Å². The van der Waals surface area contributed by atoms with Crippen LogP contribution in [0.1, 0.15) is 17.3 Å². The largest absolute Gasteiger partial charge is 0.449 e. The molecule has 0 heterocycles. The van der Waals surface area contributed by atoms with Crippen LogP contribution in [0.4, 0.5) is 0 Å². The summed E-state index contributed by atoms with van der Waals surface area (Å²) in [6.45, 7) is 1.07. The molecule has 6 nitrogen and oxygen atoms in total. The lowest BCUT2D eigenvalue weighted by atomic mass is 10.2. The normalized spacial score (nSPS) is 11.2. The standard InChI is InChI=1S/C18H17NO5/c1-13(18(22)24-15-10-6-3-7-11-15)23-16(20)12-19-17(21)14-8-4-2-5-9-14/h2-11,13H,12H2,1H3,(H,19,21)/t13-/m0/s1. The molecule has 6 heteroatoms. The fourth-order valence-electron chi connectivity index (χ4n) is 1.82.